The minimum Gasteiger partial charge on any atom is -0.495 e. The summed E-state index contributed by atoms with van der Waals surface area (Å²) in [6.45, 7) is 0.0741. The molecule has 2 heterocycles. The maximum Gasteiger partial charge on any atom is 0.247 e. The highest BCUT2D eigenvalue weighted by Gasteiger charge is 2.18. The molecule has 2 amide bonds. The van der Waals surface area contributed by atoms with Crippen molar-refractivity contribution in [3.05, 3.63) is 76.9 Å². The molecule has 0 saturated heterocycles. The Hall–Kier alpha value is -3.32. The van der Waals surface area contributed by atoms with Crippen LogP contribution < -0.4 is 10.1 Å². The van der Waals surface area contributed by atoms with Crippen LogP contribution in [0.4, 0.5) is 5.69 Å². The van der Waals surface area contributed by atoms with Gasteiger partial charge in [-0.05, 0) is 52.7 Å². The number of hydrogen-bond donors (Lipinski definition) is 1. The number of thiophene rings is 1. The number of para-hydroxylation sites is 2. The van der Waals surface area contributed by atoms with Gasteiger partial charge in [0.15, 0.2) is 0 Å². The fourth-order valence-electron chi connectivity index (χ4n) is 2.56. The standard InChI is InChI=1S/C21H20N2O4S/c1-26-19-7-3-2-6-18(19)22-20(24)14-23(13-17-5-4-11-27-17)21(25)9-8-16-10-12-28-15-16/h2-12,15H,13-14H2,1H3,(H,22,24). The first-order valence-corrected chi connectivity index (χ1v) is 9.54. The van der Waals surface area contributed by atoms with Crippen molar-refractivity contribution < 1.29 is 18.7 Å². The molecule has 2 aromatic heterocycles. The molecule has 3 rings (SSSR count). The molecule has 0 atom stereocenters. The fourth-order valence-corrected chi connectivity index (χ4v) is 3.18. The summed E-state index contributed by atoms with van der Waals surface area (Å²) >= 11 is 1.55. The molecule has 0 aliphatic heterocycles. The molecule has 3 aromatic rings. The van der Waals surface area contributed by atoms with Crippen LogP contribution in [0.5, 0.6) is 5.75 Å². The lowest BCUT2D eigenvalue weighted by molar-refractivity contribution is -0.131. The highest BCUT2D eigenvalue weighted by atomic mass is 32.1. The number of nitrogens with zero attached hydrogens (tertiary/aromatic N) is 1. The van der Waals surface area contributed by atoms with Crippen molar-refractivity contribution >= 4 is 34.9 Å². The van der Waals surface area contributed by atoms with Gasteiger partial charge in [0.2, 0.25) is 11.8 Å². The van der Waals surface area contributed by atoms with Gasteiger partial charge in [0.25, 0.3) is 0 Å². The van der Waals surface area contributed by atoms with E-state index in [0.717, 1.165) is 5.56 Å². The molecule has 0 saturated carbocycles. The number of anilines is 1. The Bertz CT molecular complexity index is 933. The lowest BCUT2D eigenvalue weighted by Gasteiger charge is -2.20. The van der Waals surface area contributed by atoms with Gasteiger partial charge in [-0.15, -0.1) is 0 Å². The van der Waals surface area contributed by atoms with Crippen LogP contribution in [-0.2, 0) is 16.1 Å². The topological polar surface area (TPSA) is 71.8 Å². The van der Waals surface area contributed by atoms with E-state index in [-0.39, 0.29) is 24.9 Å². The van der Waals surface area contributed by atoms with E-state index in [2.05, 4.69) is 5.32 Å². The van der Waals surface area contributed by atoms with Gasteiger partial charge >= 0.3 is 0 Å². The average molecular weight is 396 g/mol. The molecule has 144 valence electrons. The van der Waals surface area contributed by atoms with Crippen molar-refractivity contribution in [1.82, 2.24) is 4.90 Å². The van der Waals surface area contributed by atoms with Crippen LogP contribution in [0.1, 0.15) is 11.3 Å². The molecule has 0 radical (unpaired) electrons. The highest BCUT2D eigenvalue weighted by Crippen LogP contribution is 2.23. The summed E-state index contributed by atoms with van der Waals surface area (Å²) in [6, 6.07) is 12.5. The van der Waals surface area contributed by atoms with Gasteiger partial charge in [-0.2, -0.15) is 11.3 Å². The Balaban J connectivity index is 1.70. The Labute approximate surface area is 167 Å². The third-order valence-corrected chi connectivity index (χ3v) is 4.62. The number of carbonyl (C=O) groups excluding carboxylic acids is 2. The number of benzene rings is 1. The van der Waals surface area contributed by atoms with Gasteiger partial charge < -0.3 is 19.4 Å². The molecule has 0 bridgehead atoms. The minimum atomic E-state index is -0.326. The predicted octanol–water partition coefficient (Wildman–Crippen LogP) is 4.03. The zero-order valence-corrected chi connectivity index (χ0v) is 16.1. The monoisotopic (exact) mass is 396 g/mol. The zero-order chi connectivity index (χ0) is 19.8. The average Bonchev–Trinajstić information content (AvgIpc) is 3.40. The zero-order valence-electron chi connectivity index (χ0n) is 15.3. The molecule has 1 aromatic carbocycles. The van der Waals surface area contributed by atoms with Crippen molar-refractivity contribution in [2.45, 2.75) is 6.54 Å². The summed E-state index contributed by atoms with van der Waals surface area (Å²) in [5.74, 6) is 0.547. The van der Waals surface area contributed by atoms with Crippen LogP contribution in [0.25, 0.3) is 6.08 Å². The van der Waals surface area contributed by atoms with Crippen LogP contribution >= 0.6 is 11.3 Å². The maximum absolute atomic E-state index is 12.7. The summed E-state index contributed by atoms with van der Waals surface area (Å²) in [5.41, 5.74) is 1.49. The number of ether oxygens (including phenoxy) is 1. The van der Waals surface area contributed by atoms with E-state index in [1.165, 1.54) is 24.3 Å². The summed E-state index contributed by atoms with van der Waals surface area (Å²) in [7, 11) is 1.53. The van der Waals surface area contributed by atoms with E-state index in [1.807, 2.05) is 22.9 Å². The van der Waals surface area contributed by atoms with E-state index in [9.17, 15) is 9.59 Å². The number of nitrogens with one attached hydrogen (secondary N) is 1. The maximum atomic E-state index is 12.7. The largest absolute Gasteiger partial charge is 0.495 e. The SMILES string of the molecule is COc1ccccc1NC(=O)CN(Cc1ccco1)C(=O)C=Cc1ccsc1. The molecule has 0 fully saturated rings. The van der Waals surface area contributed by atoms with Gasteiger partial charge in [0.05, 0.1) is 25.6 Å². The molecule has 6 nitrogen and oxygen atoms in total. The fraction of sp³-hybridized carbons (Fsp3) is 0.143. The number of carbonyl (C=O) groups is 2. The van der Waals surface area contributed by atoms with Crippen LogP contribution in [0.3, 0.4) is 0 Å². The number of methoxy groups -OCH3 is 1. The summed E-state index contributed by atoms with van der Waals surface area (Å²) in [6.07, 6.45) is 4.72. The smallest absolute Gasteiger partial charge is 0.247 e. The molecule has 7 heteroatoms. The van der Waals surface area contributed by atoms with Crippen molar-refractivity contribution in [3.63, 3.8) is 0 Å². The van der Waals surface area contributed by atoms with Crippen LogP contribution in [0, 0.1) is 0 Å². The first-order chi connectivity index (χ1) is 13.7. The number of furan rings is 1. The van der Waals surface area contributed by atoms with Crippen molar-refractivity contribution in [3.8, 4) is 5.75 Å². The Kier molecular flexibility index (Phi) is 6.64. The summed E-state index contributed by atoms with van der Waals surface area (Å²) in [5, 5.41) is 6.66. The number of rotatable bonds is 8. The normalized spacial score (nSPS) is 10.8. The van der Waals surface area contributed by atoms with Gasteiger partial charge in [-0.3, -0.25) is 9.59 Å². The number of hydrogen-bond acceptors (Lipinski definition) is 5. The number of amides is 2. The molecular formula is C21H20N2O4S. The van der Waals surface area contributed by atoms with E-state index in [1.54, 1.807) is 47.7 Å². The van der Waals surface area contributed by atoms with Crippen LogP contribution in [-0.4, -0.2) is 30.4 Å². The Morgan fingerprint density at radius 2 is 2.07 bits per heavy atom. The Morgan fingerprint density at radius 3 is 2.79 bits per heavy atom. The van der Waals surface area contributed by atoms with E-state index < -0.39 is 0 Å². The molecule has 0 aliphatic rings. The molecular weight excluding hydrogens is 376 g/mol. The minimum absolute atomic E-state index is 0.119. The van der Waals surface area contributed by atoms with Crippen LogP contribution in [0.2, 0.25) is 0 Å². The lowest BCUT2D eigenvalue weighted by atomic mass is 10.2. The van der Waals surface area contributed by atoms with E-state index >= 15 is 0 Å². The summed E-state index contributed by atoms with van der Waals surface area (Å²) in [4.78, 5) is 26.6. The quantitative estimate of drug-likeness (QED) is 0.584. The van der Waals surface area contributed by atoms with Crippen molar-refractivity contribution in [1.29, 1.82) is 0 Å². The van der Waals surface area contributed by atoms with Crippen LogP contribution in [0.15, 0.2) is 70.0 Å². The summed E-state index contributed by atoms with van der Waals surface area (Å²) < 4.78 is 10.6. The first kappa shape index (κ1) is 19.4. The third-order valence-electron chi connectivity index (χ3n) is 3.92. The lowest BCUT2D eigenvalue weighted by Crippen LogP contribution is -2.36. The Morgan fingerprint density at radius 1 is 1.21 bits per heavy atom. The second-order valence-electron chi connectivity index (χ2n) is 5.91. The molecule has 28 heavy (non-hydrogen) atoms. The van der Waals surface area contributed by atoms with Gasteiger partial charge in [0.1, 0.15) is 18.1 Å². The second kappa shape index (κ2) is 9.57. The highest BCUT2D eigenvalue weighted by molar-refractivity contribution is 7.08. The van der Waals surface area contributed by atoms with Gasteiger partial charge in [-0.25, -0.2) is 0 Å². The molecule has 0 unspecified atom stereocenters. The molecule has 0 spiro atoms. The van der Waals surface area contributed by atoms with E-state index in [0.29, 0.717) is 17.2 Å². The first-order valence-electron chi connectivity index (χ1n) is 8.60. The van der Waals surface area contributed by atoms with E-state index in [4.69, 9.17) is 9.15 Å². The second-order valence-corrected chi connectivity index (χ2v) is 6.69. The van der Waals surface area contributed by atoms with Crippen molar-refractivity contribution in [2.75, 3.05) is 19.0 Å². The molecule has 1 N–H and O–H groups in total. The molecule has 0 aliphatic carbocycles. The predicted molar refractivity (Wildman–Crippen MR) is 109 cm³/mol. The third kappa shape index (κ3) is 5.34. The van der Waals surface area contributed by atoms with Gasteiger partial charge in [0, 0.05) is 6.08 Å². The van der Waals surface area contributed by atoms with Gasteiger partial charge in [-0.1, -0.05) is 12.1 Å². The van der Waals surface area contributed by atoms with Crippen molar-refractivity contribution in [2.24, 2.45) is 0 Å².